The predicted octanol–water partition coefficient (Wildman–Crippen LogP) is 3.12. The van der Waals surface area contributed by atoms with Crippen LogP contribution in [-0.2, 0) is 16.1 Å². The molecule has 0 spiro atoms. The zero-order valence-electron chi connectivity index (χ0n) is 18.5. The molecular formula is C24H32N4O3. The van der Waals surface area contributed by atoms with Crippen LogP contribution in [-0.4, -0.2) is 57.1 Å². The van der Waals surface area contributed by atoms with Crippen LogP contribution in [0.25, 0.3) is 11.0 Å². The Hall–Kier alpha value is -2.41. The number of carbonyl (C=O) groups excluding carboxylic acids is 2. The number of hydrogen-bond donors (Lipinski definition) is 1. The number of nitrogens with one attached hydrogen (secondary N) is 1. The second-order valence-corrected chi connectivity index (χ2v) is 9.68. The Morgan fingerprint density at radius 1 is 1.23 bits per heavy atom. The molecule has 2 aliphatic heterocycles. The SMILES string of the molecule is C[C@@H]1CCCC[C@@H]1NC(=O)[C@]1(C)Cn2c(nc3ccccc32)C(=O)N1C[C@@H]1CCCO1. The number of hydrogen-bond acceptors (Lipinski definition) is 4. The van der Waals surface area contributed by atoms with E-state index in [1.165, 1.54) is 6.42 Å². The summed E-state index contributed by atoms with van der Waals surface area (Å²) < 4.78 is 7.76. The van der Waals surface area contributed by atoms with Crippen LogP contribution in [0.5, 0.6) is 0 Å². The molecule has 5 rings (SSSR count). The van der Waals surface area contributed by atoms with E-state index in [0.29, 0.717) is 31.4 Å². The highest BCUT2D eigenvalue weighted by Crippen LogP contribution is 2.33. The maximum absolute atomic E-state index is 13.8. The average Bonchev–Trinajstić information content (AvgIpc) is 3.41. The summed E-state index contributed by atoms with van der Waals surface area (Å²) in [6, 6.07) is 7.92. The van der Waals surface area contributed by atoms with Crippen molar-refractivity contribution in [1.29, 1.82) is 0 Å². The summed E-state index contributed by atoms with van der Waals surface area (Å²) in [7, 11) is 0. The molecule has 0 radical (unpaired) electrons. The lowest BCUT2D eigenvalue weighted by molar-refractivity contribution is -0.135. The average molecular weight is 425 g/mol. The van der Waals surface area contributed by atoms with Gasteiger partial charge in [-0.1, -0.05) is 31.9 Å². The minimum atomic E-state index is -0.989. The standard InChI is InChI=1S/C24H32N4O3/c1-16-8-3-4-10-18(16)26-23(30)24(2)15-27-20-12-6-5-11-19(20)25-21(27)22(29)28(24)14-17-9-7-13-31-17/h5-6,11-12,16-18H,3-4,7-10,13-15H2,1-2H3,(H,26,30)/t16-,17+,18+,24+/m1/s1. The Balaban J connectivity index is 1.51. The van der Waals surface area contributed by atoms with Gasteiger partial charge in [-0.3, -0.25) is 9.59 Å². The number of para-hydroxylation sites is 2. The van der Waals surface area contributed by atoms with E-state index in [4.69, 9.17) is 4.74 Å². The summed E-state index contributed by atoms with van der Waals surface area (Å²) in [6.45, 7) is 5.65. The number of aromatic nitrogens is 2. The van der Waals surface area contributed by atoms with Crippen molar-refractivity contribution < 1.29 is 14.3 Å². The molecule has 1 aromatic carbocycles. The van der Waals surface area contributed by atoms with Crippen LogP contribution in [0.15, 0.2) is 24.3 Å². The topological polar surface area (TPSA) is 76.5 Å². The molecule has 0 unspecified atom stereocenters. The van der Waals surface area contributed by atoms with Gasteiger partial charge in [0, 0.05) is 19.2 Å². The van der Waals surface area contributed by atoms with Crippen molar-refractivity contribution >= 4 is 22.8 Å². The summed E-state index contributed by atoms with van der Waals surface area (Å²) >= 11 is 0. The molecule has 166 valence electrons. The highest BCUT2D eigenvalue weighted by atomic mass is 16.5. The van der Waals surface area contributed by atoms with Crippen LogP contribution in [0, 0.1) is 5.92 Å². The summed E-state index contributed by atoms with van der Waals surface area (Å²) in [6.07, 6.45) is 6.38. The second-order valence-electron chi connectivity index (χ2n) is 9.68. The zero-order valence-corrected chi connectivity index (χ0v) is 18.5. The van der Waals surface area contributed by atoms with Gasteiger partial charge in [0.05, 0.1) is 23.7 Å². The van der Waals surface area contributed by atoms with E-state index in [2.05, 4.69) is 17.2 Å². The van der Waals surface area contributed by atoms with Crippen LogP contribution in [0.2, 0.25) is 0 Å². The van der Waals surface area contributed by atoms with Crippen molar-refractivity contribution in [2.24, 2.45) is 5.92 Å². The first-order valence-electron chi connectivity index (χ1n) is 11.7. The first-order chi connectivity index (χ1) is 15.0. The van der Waals surface area contributed by atoms with Crippen LogP contribution in [0.3, 0.4) is 0 Å². The van der Waals surface area contributed by atoms with E-state index in [1.807, 2.05) is 35.8 Å². The van der Waals surface area contributed by atoms with Gasteiger partial charge in [-0.2, -0.15) is 0 Å². The van der Waals surface area contributed by atoms with Crippen LogP contribution < -0.4 is 5.32 Å². The largest absolute Gasteiger partial charge is 0.376 e. The van der Waals surface area contributed by atoms with Gasteiger partial charge in [0.15, 0.2) is 5.82 Å². The van der Waals surface area contributed by atoms with Crippen LogP contribution in [0.4, 0.5) is 0 Å². The molecule has 31 heavy (non-hydrogen) atoms. The lowest BCUT2D eigenvalue weighted by atomic mass is 9.85. The van der Waals surface area contributed by atoms with Gasteiger partial charge in [0.2, 0.25) is 5.91 Å². The molecule has 1 aliphatic carbocycles. The summed E-state index contributed by atoms with van der Waals surface area (Å²) in [5.41, 5.74) is 0.692. The van der Waals surface area contributed by atoms with Gasteiger partial charge in [0.1, 0.15) is 5.54 Å². The van der Waals surface area contributed by atoms with Crippen molar-refractivity contribution in [3.05, 3.63) is 30.1 Å². The minimum Gasteiger partial charge on any atom is -0.376 e. The molecule has 4 atom stereocenters. The van der Waals surface area contributed by atoms with E-state index in [1.54, 1.807) is 4.90 Å². The van der Waals surface area contributed by atoms with Gasteiger partial charge in [0.25, 0.3) is 5.91 Å². The van der Waals surface area contributed by atoms with Crippen LogP contribution >= 0.6 is 0 Å². The molecule has 3 heterocycles. The van der Waals surface area contributed by atoms with E-state index in [0.717, 1.165) is 43.1 Å². The summed E-state index contributed by atoms with van der Waals surface area (Å²) in [5, 5.41) is 3.32. The highest BCUT2D eigenvalue weighted by Gasteiger charge is 2.49. The van der Waals surface area contributed by atoms with E-state index >= 15 is 0 Å². The molecule has 1 N–H and O–H groups in total. The van der Waals surface area contributed by atoms with Crippen molar-refractivity contribution in [2.75, 3.05) is 13.2 Å². The van der Waals surface area contributed by atoms with Crippen molar-refractivity contribution in [2.45, 2.75) is 76.6 Å². The lowest BCUT2D eigenvalue weighted by Crippen LogP contribution is -2.66. The molecule has 3 aliphatic rings. The minimum absolute atomic E-state index is 0.0272. The Kier molecular flexibility index (Phi) is 5.24. The second kappa shape index (κ2) is 7.93. The predicted molar refractivity (Wildman–Crippen MR) is 118 cm³/mol. The first-order valence-corrected chi connectivity index (χ1v) is 11.7. The Morgan fingerprint density at radius 2 is 2.03 bits per heavy atom. The maximum atomic E-state index is 13.8. The number of fused-ring (bicyclic) bond motifs is 3. The highest BCUT2D eigenvalue weighted by molar-refractivity contribution is 6.01. The normalized spacial score (nSPS) is 31.1. The van der Waals surface area contributed by atoms with Gasteiger partial charge in [-0.05, 0) is 50.7 Å². The number of amides is 2. The number of rotatable bonds is 4. The van der Waals surface area contributed by atoms with Crippen molar-refractivity contribution in [3.8, 4) is 0 Å². The van der Waals surface area contributed by atoms with Crippen LogP contribution in [0.1, 0.15) is 63.0 Å². The number of benzene rings is 1. The number of carbonyl (C=O) groups is 2. The van der Waals surface area contributed by atoms with Gasteiger partial charge < -0.3 is 19.5 Å². The molecule has 7 heteroatoms. The fourth-order valence-corrected chi connectivity index (χ4v) is 5.46. The molecule has 2 aromatic rings. The Morgan fingerprint density at radius 3 is 2.81 bits per heavy atom. The van der Waals surface area contributed by atoms with Gasteiger partial charge >= 0.3 is 0 Å². The molecule has 2 fully saturated rings. The van der Waals surface area contributed by atoms with Crippen molar-refractivity contribution in [1.82, 2.24) is 19.8 Å². The van der Waals surface area contributed by atoms with E-state index < -0.39 is 5.54 Å². The first kappa shape index (κ1) is 20.5. The Labute approximate surface area is 183 Å². The van der Waals surface area contributed by atoms with E-state index in [-0.39, 0.29) is 24.0 Å². The summed E-state index contributed by atoms with van der Waals surface area (Å²) in [5.74, 6) is 0.612. The monoisotopic (exact) mass is 424 g/mol. The maximum Gasteiger partial charge on any atom is 0.290 e. The third kappa shape index (κ3) is 3.53. The number of ether oxygens (including phenoxy) is 1. The molecule has 0 bridgehead atoms. The smallest absolute Gasteiger partial charge is 0.290 e. The summed E-state index contributed by atoms with van der Waals surface area (Å²) in [4.78, 5) is 33.7. The van der Waals surface area contributed by atoms with Crippen molar-refractivity contribution in [3.63, 3.8) is 0 Å². The molecule has 7 nitrogen and oxygen atoms in total. The molecule has 1 aromatic heterocycles. The molecule has 2 amide bonds. The quantitative estimate of drug-likeness (QED) is 0.818. The van der Waals surface area contributed by atoms with Gasteiger partial charge in [-0.25, -0.2) is 4.98 Å². The van der Waals surface area contributed by atoms with E-state index in [9.17, 15) is 9.59 Å². The number of nitrogens with zero attached hydrogens (tertiary/aromatic N) is 3. The fraction of sp³-hybridized carbons (Fsp3) is 0.625. The van der Waals surface area contributed by atoms with Gasteiger partial charge in [-0.15, -0.1) is 0 Å². The lowest BCUT2D eigenvalue weighted by Gasteiger charge is -2.45. The zero-order chi connectivity index (χ0) is 21.6. The molecule has 1 saturated carbocycles. The molecular weight excluding hydrogens is 392 g/mol. The third-order valence-corrected chi connectivity index (χ3v) is 7.48. The fourth-order valence-electron chi connectivity index (χ4n) is 5.46. The number of imidazole rings is 1. The third-order valence-electron chi connectivity index (χ3n) is 7.48. The molecule has 1 saturated heterocycles. The Bertz CT molecular complexity index is 996.